The Labute approximate surface area is 135 Å². The van der Waals surface area contributed by atoms with E-state index in [1.807, 2.05) is 18.5 Å². The average Bonchev–Trinajstić information content (AvgIpc) is 2.55. The van der Waals surface area contributed by atoms with Crippen molar-refractivity contribution in [3.05, 3.63) is 54.4 Å². The van der Waals surface area contributed by atoms with Crippen LogP contribution in [0.1, 0.15) is 30.5 Å². The van der Waals surface area contributed by atoms with Crippen LogP contribution in [0.25, 0.3) is 10.9 Å². The largest absolute Gasteiger partial charge is 0.369 e. The third-order valence-electron chi connectivity index (χ3n) is 4.79. The van der Waals surface area contributed by atoms with E-state index in [1.54, 1.807) is 12.5 Å². The highest BCUT2D eigenvalue weighted by atomic mass is 15.0. The van der Waals surface area contributed by atoms with Gasteiger partial charge in [-0.2, -0.15) is 0 Å². The quantitative estimate of drug-likeness (QED) is 0.801. The summed E-state index contributed by atoms with van der Waals surface area (Å²) in [5, 5.41) is 4.47. The minimum Gasteiger partial charge on any atom is -0.369 e. The average molecular weight is 305 g/mol. The Morgan fingerprint density at radius 3 is 2.74 bits per heavy atom. The van der Waals surface area contributed by atoms with E-state index in [2.05, 4.69) is 44.3 Å². The number of nitrogens with zero attached hydrogens (tertiary/aromatic N) is 4. The van der Waals surface area contributed by atoms with Crippen molar-refractivity contribution in [2.24, 2.45) is 0 Å². The molecule has 1 saturated carbocycles. The van der Waals surface area contributed by atoms with Gasteiger partial charge in [-0.1, -0.05) is 12.5 Å². The van der Waals surface area contributed by atoms with Crippen LogP contribution >= 0.6 is 0 Å². The van der Waals surface area contributed by atoms with Crippen LogP contribution in [0, 0.1) is 6.92 Å². The molecular weight excluding hydrogens is 286 g/mol. The van der Waals surface area contributed by atoms with Gasteiger partial charge >= 0.3 is 0 Å². The van der Waals surface area contributed by atoms with Crippen LogP contribution in [-0.4, -0.2) is 26.5 Å². The molecule has 4 rings (SSSR count). The molecule has 3 heterocycles. The topological polar surface area (TPSA) is 63.6 Å². The number of pyridine rings is 2. The van der Waals surface area contributed by atoms with Crippen molar-refractivity contribution in [1.82, 2.24) is 19.9 Å². The van der Waals surface area contributed by atoms with Crippen LogP contribution in [0.5, 0.6) is 0 Å². The fourth-order valence-corrected chi connectivity index (χ4v) is 3.21. The van der Waals surface area contributed by atoms with E-state index in [0.29, 0.717) is 0 Å². The number of nitrogens with one attached hydrogen (secondary N) is 1. The van der Waals surface area contributed by atoms with Gasteiger partial charge in [0.15, 0.2) is 0 Å². The van der Waals surface area contributed by atoms with Crippen LogP contribution in [0.2, 0.25) is 0 Å². The lowest BCUT2D eigenvalue weighted by atomic mass is 9.66. The van der Waals surface area contributed by atoms with Crippen LogP contribution in [0.3, 0.4) is 0 Å². The fraction of sp³-hybridized carbons (Fsp3) is 0.333. The van der Waals surface area contributed by atoms with Crippen LogP contribution in [0.4, 0.5) is 5.82 Å². The molecule has 1 aliphatic carbocycles. The number of hydrogen-bond acceptors (Lipinski definition) is 5. The summed E-state index contributed by atoms with van der Waals surface area (Å²) in [6, 6.07) is 6.21. The van der Waals surface area contributed by atoms with E-state index in [9.17, 15) is 0 Å². The third-order valence-corrected chi connectivity index (χ3v) is 4.79. The second-order valence-electron chi connectivity index (χ2n) is 6.32. The van der Waals surface area contributed by atoms with Crippen molar-refractivity contribution in [3.8, 4) is 0 Å². The zero-order valence-corrected chi connectivity index (χ0v) is 13.2. The highest BCUT2D eigenvalue weighted by molar-refractivity contribution is 5.87. The standard InChI is InChI=1S/C18H19N5/c1-13-3-4-16(21-9-13)18(6-2-7-18)11-22-17-14-10-19-12-23-15(14)5-8-20-17/h3-5,8-10,12H,2,6-7,11H2,1H3,(H,20,22). The first kappa shape index (κ1) is 14.1. The fourth-order valence-electron chi connectivity index (χ4n) is 3.21. The van der Waals surface area contributed by atoms with E-state index in [1.165, 1.54) is 17.7 Å². The molecule has 5 heteroatoms. The normalized spacial score (nSPS) is 16.0. The molecule has 0 aliphatic heterocycles. The van der Waals surface area contributed by atoms with Gasteiger partial charge in [0.2, 0.25) is 0 Å². The Balaban J connectivity index is 1.60. The molecule has 1 N–H and O–H groups in total. The molecule has 0 unspecified atom stereocenters. The first-order valence-corrected chi connectivity index (χ1v) is 7.99. The van der Waals surface area contributed by atoms with Crippen molar-refractivity contribution in [3.63, 3.8) is 0 Å². The Morgan fingerprint density at radius 1 is 1.09 bits per heavy atom. The number of hydrogen-bond donors (Lipinski definition) is 1. The van der Waals surface area contributed by atoms with E-state index in [0.717, 1.165) is 36.1 Å². The van der Waals surface area contributed by atoms with Crippen LogP contribution in [0.15, 0.2) is 43.1 Å². The molecule has 1 aliphatic rings. The molecule has 116 valence electrons. The van der Waals surface area contributed by atoms with Gasteiger partial charge in [-0.15, -0.1) is 0 Å². The summed E-state index contributed by atoms with van der Waals surface area (Å²) in [5.41, 5.74) is 3.41. The van der Waals surface area contributed by atoms with E-state index in [-0.39, 0.29) is 5.41 Å². The highest BCUT2D eigenvalue weighted by Crippen LogP contribution is 2.43. The minimum atomic E-state index is 0.118. The van der Waals surface area contributed by atoms with Crippen molar-refractivity contribution in [1.29, 1.82) is 0 Å². The molecule has 0 aromatic carbocycles. The van der Waals surface area contributed by atoms with Gasteiger partial charge in [0.25, 0.3) is 0 Å². The van der Waals surface area contributed by atoms with Crippen molar-refractivity contribution >= 4 is 16.7 Å². The molecule has 1 fully saturated rings. The molecule has 23 heavy (non-hydrogen) atoms. The molecule has 3 aromatic rings. The first-order valence-electron chi connectivity index (χ1n) is 7.99. The van der Waals surface area contributed by atoms with Crippen LogP contribution in [-0.2, 0) is 5.41 Å². The number of aryl methyl sites for hydroxylation is 1. The van der Waals surface area contributed by atoms with E-state index in [4.69, 9.17) is 0 Å². The predicted molar refractivity (Wildman–Crippen MR) is 90.3 cm³/mol. The molecule has 0 spiro atoms. The third kappa shape index (κ3) is 2.52. The maximum atomic E-state index is 4.66. The number of fused-ring (bicyclic) bond motifs is 1. The SMILES string of the molecule is Cc1ccc(C2(CNc3nccc4ncncc34)CCC2)nc1. The van der Waals surface area contributed by atoms with Crippen molar-refractivity contribution in [2.75, 3.05) is 11.9 Å². The smallest absolute Gasteiger partial charge is 0.137 e. The first-order chi connectivity index (χ1) is 11.3. The van der Waals surface area contributed by atoms with Gasteiger partial charge in [-0.25, -0.2) is 15.0 Å². The molecule has 0 radical (unpaired) electrons. The lowest BCUT2D eigenvalue weighted by Gasteiger charge is -2.41. The molecule has 3 aromatic heterocycles. The maximum Gasteiger partial charge on any atom is 0.137 e. The lowest BCUT2D eigenvalue weighted by Crippen LogP contribution is -2.41. The predicted octanol–water partition coefficient (Wildman–Crippen LogP) is 3.26. The molecule has 0 atom stereocenters. The highest BCUT2D eigenvalue weighted by Gasteiger charge is 2.39. The number of rotatable bonds is 4. The Morgan fingerprint density at radius 2 is 2.00 bits per heavy atom. The summed E-state index contributed by atoms with van der Waals surface area (Å²) in [7, 11) is 0. The maximum absolute atomic E-state index is 4.66. The molecular formula is C18H19N5. The molecule has 0 bridgehead atoms. The second kappa shape index (κ2) is 5.57. The molecule has 5 nitrogen and oxygen atoms in total. The summed E-state index contributed by atoms with van der Waals surface area (Å²) in [6.07, 6.45) is 10.7. The lowest BCUT2D eigenvalue weighted by molar-refractivity contribution is 0.253. The van der Waals surface area contributed by atoms with Gasteiger partial charge in [-0.05, 0) is 37.5 Å². The van der Waals surface area contributed by atoms with Crippen LogP contribution < -0.4 is 5.32 Å². The van der Waals surface area contributed by atoms with Gasteiger partial charge in [0, 0.05) is 36.2 Å². The Hall–Kier alpha value is -2.56. The summed E-state index contributed by atoms with van der Waals surface area (Å²) >= 11 is 0. The molecule has 0 saturated heterocycles. The van der Waals surface area contributed by atoms with Gasteiger partial charge < -0.3 is 5.32 Å². The second-order valence-corrected chi connectivity index (χ2v) is 6.32. The monoisotopic (exact) mass is 305 g/mol. The van der Waals surface area contributed by atoms with E-state index < -0.39 is 0 Å². The number of aromatic nitrogens is 4. The van der Waals surface area contributed by atoms with E-state index >= 15 is 0 Å². The summed E-state index contributed by atoms with van der Waals surface area (Å²) < 4.78 is 0. The van der Waals surface area contributed by atoms with Gasteiger partial charge in [-0.3, -0.25) is 4.98 Å². The Bertz CT molecular complexity index is 819. The van der Waals surface area contributed by atoms with Gasteiger partial charge in [0.05, 0.1) is 10.9 Å². The summed E-state index contributed by atoms with van der Waals surface area (Å²) in [4.78, 5) is 17.5. The Kier molecular flexibility index (Phi) is 3.41. The molecule has 0 amide bonds. The van der Waals surface area contributed by atoms with Gasteiger partial charge in [0.1, 0.15) is 12.1 Å². The van der Waals surface area contributed by atoms with Crippen molar-refractivity contribution < 1.29 is 0 Å². The minimum absolute atomic E-state index is 0.118. The summed E-state index contributed by atoms with van der Waals surface area (Å²) in [6.45, 7) is 2.91. The van der Waals surface area contributed by atoms with Crippen molar-refractivity contribution in [2.45, 2.75) is 31.6 Å². The number of anilines is 1. The summed E-state index contributed by atoms with van der Waals surface area (Å²) in [5.74, 6) is 0.849. The zero-order chi connectivity index (χ0) is 15.7. The zero-order valence-electron chi connectivity index (χ0n) is 13.2.